The molecule has 0 radical (unpaired) electrons. The second-order valence-electron chi connectivity index (χ2n) is 4.77. The maximum Gasteiger partial charge on any atom is 0.326 e. The topological polar surface area (TPSA) is 75.6 Å². The van der Waals surface area contributed by atoms with E-state index in [2.05, 4.69) is 5.32 Å². The van der Waals surface area contributed by atoms with Crippen LogP contribution in [0.15, 0.2) is 0 Å². The number of carboxylic acids is 1. The highest BCUT2D eigenvalue weighted by molar-refractivity contribution is 5.84. The van der Waals surface area contributed by atoms with Crippen LogP contribution in [0.1, 0.15) is 34.1 Å². The van der Waals surface area contributed by atoms with Crippen LogP contribution in [0.25, 0.3) is 0 Å². The fourth-order valence-electron chi connectivity index (χ4n) is 1.20. The van der Waals surface area contributed by atoms with Gasteiger partial charge >= 0.3 is 5.97 Å². The van der Waals surface area contributed by atoms with Gasteiger partial charge in [-0.15, -0.1) is 0 Å². The lowest BCUT2D eigenvalue weighted by atomic mass is 10.0. The molecule has 0 aliphatic carbocycles. The number of carbonyl (C=O) groups excluding carboxylic acids is 1. The Labute approximate surface area is 96.2 Å². The van der Waals surface area contributed by atoms with E-state index < -0.39 is 17.6 Å². The molecule has 1 atom stereocenters. The number of ether oxygens (including phenoxy) is 1. The number of carbonyl (C=O) groups is 2. The van der Waals surface area contributed by atoms with Crippen molar-refractivity contribution < 1.29 is 19.4 Å². The lowest BCUT2D eigenvalue weighted by Crippen LogP contribution is -2.46. The first kappa shape index (κ1) is 14.9. The van der Waals surface area contributed by atoms with Crippen LogP contribution in [0, 0.1) is 5.92 Å². The van der Waals surface area contributed by atoms with E-state index in [1.54, 1.807) is 27.7 Å². The van der Waals surface area contributed by atoms with E-state index in [-0.39, 0.29) is 18.2 Å². The quantitative estimate of drug-likeness (QED) is 0.715. The fraction of sp³-hybridized carbons (Fsp3) is 0.818. The van der Waals surface area contributed by atoms with Crippen molar-refractivity contribution in [3.8, 4) is 0 Å². The molecule has 0 bridgehead atoms. The van der Waals surface area contributed by atoms with Gasteiger partial charge in [0.25, 0.3) is 0 Å². The summed E-state index contributed by atoms with van der Waals surface area (Å²) in [4.78, 5) is 22.4. The molecule has 0 heterocycles. The standard InChI is InChI=1S/C11H21NO4/c1-7(2)9(10(14)15)12-8(13)6-11(3,4)16-5/h7,9H,6H2,1-5H3,(H,12,13)(H,14,15)/t9-/m1/s1. The second-order valence-corrected chi connectivity index (χ2v) is 4.77. The zero-order valence-corrected chi connectivity index (χ0v) is 10.5. The molecule has 0 aromatic heterocycles. The van der Waals surface area contributed by atoms with Crippen molar-refractivity contribution in [2.45, 2.75) is 45.8 Å². The summed E-state index contributed by atoms with van der Waals surface area (Å²) in [7, 11) is 1.52. The SMILES string of the molecule is COC(C)(C)CC(=O)N[C@@H](C(=O)O)C(C)C. The van der Waals surface area contributed by atoms with Crippen LogP contribution in [0.5, 0.6) is 0 Å². The molecule has 0 aliphatic rings. The monoisotopic (exact) mass is 231 g/mol. The van der Waals surface area contributed by atoms with Crippen LogP contribution in [0.4, 0.5) is 0 Å². The Morgan fingerprint density at radius 3 is 2.19 bits per heavy atom. The van der Waals surface area contributed by atoms with Gasteiger partial charge < -0.3 is 15.2 Å². The number of rotatable bonds is 6. The Kier molecular flexibility index (Phi) is 5.44. The summed E-state index contributed by atoms with van der Waals surface area (Å²) in [5, 5.41) is 11.4. The van der Waals surface area contributed by atoms with E-state index in [4.69, 9.17) is 9.84 Å². The molecule has 5 nitrogen and oxygen atoms in total. The largest absolute Gasteiger partial charge is 0.480 e. The maximum absolute atomic E-state index is 11.6. The highest BCUT2D eigenvalue weighted by Gasteiger charge is 2.27. The number of hydrogen-bond donors (Lipinski definition) is 2. The molecule has 0 aliphatic heterocycles. The Morgan fingerprint density at radius 2 is 1.88 bits per heavy atom. The van der Waals surface area contributed by atoms with E-state index in [1.165, 1.54) is 7.11 Å². The predicted molar refractivity (Wildman–Crippen MR) is 60.1 cm³/mol. The predicted octanol–water partition coefficient (Wildman–Crippen LogP) is 1.03. The van der Waals surface area contributed by atoms with Crippen LogP contribution in [-0.4, -0.2) is 35.7 Å². The summed E-state index contributed by atoms with van der Waals surface area (Å²) in [5.74, 6) is -1.47. The third kappa shape index (κ3) is 5.11. The average molecular weight is 231 g/mol. The van der Waals surface area contributed by atoms with Crippen molar-refractivity contribution in [3.63, 3.8) is 0 Å². The Bertz CT molecular complexity index is 261. The summed E-state index contributed by atoms with van der Waals surface area (Å²) in [6.07, 6.45) is 0.139. The Hall–Kier alpha value is -1.10. The molecule has 16 heavy (non-hydrogen) atoms. The zero-order chi connectivity index (χ0) is 12.9. The van der Waals surface area contributed by atoms with Crippen LogP contribution in [-0.2, 0) is 14.3 Å². The van der Waals surface area contributed by atoms with Crippen molar-refractivity contribution in [3.05, 3.63) is 0 Å². The third-order valence-corrected chi connectivity index (χ3v) is 2.39. The molecule has 0 rings (SSSR count). The molecular formula is C11H21NO4. The molecule has 0 aromatic carbocycles. The average Bonchev–Trinajstić information content (AvgIpc) is 2.12. The van der Waals surface area contributed by atoms with Crippen molar-refractivity contribution in [1.82, 2.24) is 5.32 Å². The molecule has 5 heteroatoms. The highest BCUT2D eigenvalue weighted by atomic mass is 16.5. The molecule has 0 fully saturated rings. The molecule has 1 amide bonds. The number of carboxylic acid groups (broad SMARTS) is 1. The van der Waals surface area contributed by atoms with E-state index >= 15 is 0 Å². The summed E-state index contributed by atoms with van der Waals surface area (Å²) >= 11 is 0. The lowest BCUT2D eigenvalue weighted by Gasteiger charge is -2.24. The first-order valence-corrected chi connectivity index (χ1v) is 5.27. The molecule has 0 spiro atoms. The smallest absolute Gasteiger partial charge is 0.326 e. The van der Waals surface area contributed by atoms with Gasteiger partial charge in [0.2, 0.25) is 5.91 Å². The molecular weight excluding hydrogens is 210 g/mol. The van der Waals surface area contributed by atoms with Gasteiger partial charge in [0, 0.05) is 7.11 Å². The van der Waals surface area contributed by atoms with Crippen molar-refractivity contribution >= 4 is 11.9 Å². The van der Waals surface area contributed by atoms with Gasteiger partial charge in [-0.3, -0.25) is 4.79 Å². The van der Waals surface area contributed by atoms with Gasteiger partial charge in [-0.1, -0.05) is 13.8 Å². The highest BCUT2D eigenvalue weighted by Crippen LogP contribution is 2.13. The second kappa shape index (κ2) is 5.84. The van der Waals surface area contributed by atoms with E-state index in [0.29, 0.717) is 0 Å². The molecule has 0 saturated heterocycles. The van der Waals surface area contributed by atoms with Gasteiger partial charge in [-0.05, 0) is 19.8 Å². The molecule has 0 aromatic rings. The molecule has 0 unspecified atom stereocenters. The Balaban J connectivity index is 4.37. The van der Waals surface area contributed by atoms with Crippen molar-refractivity contribution in [1.29, 1.82) is 0 Å². The minimum atomic E-state index is -1.02. The van der Waals surface area contributed by atoms with Crippen molar-refractivity contribution in [2.24, 2.45) is 5.92 Å². The number of methoxy groups -OCH3 is 1. The maximum atomic E-state index is 11.6. The summed E-state index contributed by atoms with van der Waals surface area (Å²) in [6.45, 7) is 7.05. The minimum absolute atomic E-state index is 0.139. The number of aliphatic carboxylic acids is 1. The van der Waals surface area contributed by atoms with Gasteiger partial charge in [0.05, 0.1) is 12.0 Å². The Morgan fingerprint density at radius 1 is 1.38 bits per heavy atom. The fourth-order valence-corrected chi connectivity index (χ4v) is 1.20. The van der Waals surface area contributed by atoms with Gasteiger partial charge in [0.1, 0.15) is 6.04 Å². The lowest BCUT2D eigenvalue weighted by molar-refractivity contribution is -0.144. The first-order chi connectivity index (χ1) is 7.19. The van der Waals surface area contributed by atoms with Crippen LogP contribution in [0.2, 0.25) is 0 Å². The van der Waals surface area contributed by atoms with Gasteiger partial charge in [0.15, 0.2) is 0 Å². The van der Waals surface area contributed by atoms with E-state index in [9.17, 15) is 9.59 Å². The summed E-state index contributed by atoms with van der Waals surface area (Å²) in [5.41, 5.74) is -0.579. The first-order valence-electron chi connectivity index (χ1n) is 5.27. The summed E-state index contributed by atoms with van der Waals surface area (Å²) < 4.78 is 5.10. The van der Waals surface area contributed by atoms with Gasteiger partial charge in [-0.25, -0.2) is 4.79 Å². The minimum Gasteiger partial charge on any atom is -0.480 e. The third-order valence-electron chi connectivity index (χ3n) is 2.39. The van der Waals surface area contributed by atoms with E-state index in [0.717, 1.165) is 0 Å². The summed E-state index contributed by atoms with van der Waals surface area (Å²) in [6, 6.07) is -0.847. The molecule has 0 saturated carbocycles. The number of hydrogen-bond acceptors (Lipinski definition) is 3. The number of amides is 1. The van der Waals surface area contributed by atoms with Gasteiger partial charge in [-0.2, -0.15) is 0 Å². The van der Waals surface area contributed by atoms with Crippen LogP contribution >= 0.6 is 0 Å². The van der Waals surface area contributed by atoms with Crippen LogP contribution < -0.4 is 5.32 Å². The van der Waals surface area contributed by atoms with Crippen LogP contribution in [0.3, 0.4) is 0 Å². The molecule has 94 valence electrons. The number of nitrogens with one attached hydrogen (secondary N) is 1. The van der Waals surface area contributed by atoms with Crippen molar-refractivity contribution in [2.75, 3.05) is 7.11 Å². The molecule has 2 N–H and O–H groups in total. The zero-order valence-electron chi connectivity index (χ0n) is 10.5. The van der Waals surface area contributed by atoms with E-state index in [1.807, 2.05) is 0 Å². The normalized spacial score (nSPS) is 13.6.